The number of fused-ring (bicyclic) bond motifs is 1. The van der Waals surface area contributed by atoms with Gasteiger partial charge in [0.15, 0.2) is 6.29 Å². The van der Waals surface area contributed by atoms with Gasteiger partial charge in [0.05, 0.1) is 5.69 Å². The van der Waals surface area contributed by atoms with Gasteiger partial charge in [-0.2, -0.15) is 0 Å². The van der Waals surface area contributed by atoms with Crippen molar-refractivity contribution in [2.75, 3.05) is 4.72 Å². The molecule has 0 saturated carbocycles. The quantitative estimate of drug-likeness (QED) is 0.436. The molecule has 1 unspecified atom stereocenters. The first-order valence-electron chi connectivity index (χ1n) is 6.59. The average Bonchev–Trinajstić information content (AvgIpc) is 2.53. The third kappa shape index (κ3) is 2.92. The van der Waals surface area contributed by atoms with Gasteiger partial charge in [0.1, 0.15) is 11.1 Å². The molecule has 0 aliphatic carbocycles. The number of anilines is 1. The Morgan fingerprint density at radius 3 is 2.52 bits per heavy atom. The van der Waals surface area contributed by atoms with Crippen molar-refractivity contribution in [3.05, 3.63) is 64.5 Å². The van der Waals surface area contributed by atoms with E-state index in [9.17, 15) is 13.8 Å². The predicted octanol–water partition coefficient (Wildman–Crippen LogP) is 2.82. The highest BCUT2D eigenvalue weighted by molar-refractivity contribution is 7.80. The van der Waals surface area contributed by atoms with E-state index >= 15 is 0 Å². The normalized spacial score (nSPS) is 12.0. The monoisotopic (exact) mass is 329 g/mol. The first-order valence-corrected chi connectivity index (χ1v) is 7.70. The summed E-state index contributed by atoms with van der Waals surface area (Å²) < 4.78 is 27.2. The minimum Gasteiger partial charge on any atom is -0.422 e. The van der Waals surface area contributed by atoms with Crippen LogP contribution in [0, 0.1) is 0 Å². The number of aldehydes is 1. The van der Waals surface area contributed by atoms with Gasteiger partial charge in [-0.25, -0.2) is 9.00 Å². The van der Waals surface area contributed by atoms with E-state index in [0.29, 0.717) is 28.5 Å². The fraction of sp³-hybridized carbons (Fsp3) is 0. The fourth-order valence-corrected chi connectivity index (χ4v) is 2.73. The smallest absolute Gasteiger partial charge is 0.347 e. The Morgan fingerprint density at radius 1 is 1.13 bits per heavy atom. The zero-order valence-electron chi connectivity index (χ0n) is 11.7. The second kappa shape index (κ2) is 6.15. The summed E-state index contributed by atoms with van der Waals surface area (Å²) in [5, 5.41) is 0.562. The van der Waals surface area contributed by atoms with Gasteiger partial charge >= 0.3 is 5.63 Å². The largest absolute Gasteiger partial charge is 0.422 e. The Bertz CT molecular complexity index is 965. The van der Waals surface area contributed by atoms with Crippen LogP contribution in [0.4, 0.5) is 5.69 Å². The standard InChI is InChI=1S/C16H11NO5S/c18-9-13-15(10-4-2-1-3-5-10)12-7-6-11(17-23(20)21)8-14(12)22-16(13)19/h1-9,17H,(H,20,21). The van der Waals surface area contributed by atoms with Crippen LogP contribution in [0.15, 0.2) is 57.7 Å². The van der Waals surface area contributed by atoms with Crippen LogP contribution in [0.25, 0.3) is 22.1 Å². The summed E-state index contributed by atoms with van der Waals surface area (Å²) in [6.45, 7) is 0. The summed E-state index contributed by atoms with van der Waals surface area (Å²) in [4.78, 5) is 23.4. The zero-order valence-corrected chi connectivity index (χ0v) is 12.5. The molecule has 1 atom stereocenters. The lowest BCUT2D eigenvalue weighted by Gasteiger charge is -2.09. The molecule has 2 aromatic carbocycles. The molecule has 116 valence electrons. The van der Waals surface area contributed by atoms with Gasteiger partial charge < -0.3 is 4.42 Å². The molecule has 23 heavy (non-hydrogen) atoms. The summed E-state index contributed by atoms with van der Waals surface area (Å²) in [6.07, 6.45) is 0.475. The van der Waals surface area contributed by atoms with Crippen LogP contribution in [-0.4, -0.2) is 15.0 Å². The van der Waals surface area contributed by atoms with E-state index in [1.807, 2.05) is 6.07 Å². The van der Waals surface area contributed by atoms with Crippen LogP contribution in [0.3, 0.4) is 0 Å². The maximum Gasteiger partial charge on any atom is 0.347 e. The molecule has 7 heteroatoms. The molecule has 3 rings (SSSR count). The van der Waals surface area contributed by atoms with E-state index in [0.717, 1.165) is 0 Å². The van der Waals surface area contributed by atoms with Crippen LogP contribution in [0.5, 0.6) is 0 Å². The zero-order chi connectivity index (χ0) is 16.4. The summed E-state index contributed by atoms with van der Waals surface area (Å²) >= 11 is -2.24. The topological polar surface area (TPSA) is 96.6 Å². The molecule has 2 N–H and O–H groups in total. The third-order valence-corrected chi connectivity index (χ3v) is 3.74. The first-order chi connectivity index (χ1) is 11.1. The number of hydrogen-bond acceptors (Lipinski definition) is 4. The van der Waals surface area contributed by atoms with Crippen molar-refractivity contribution in [3.63, 3.8) is 0 Å². The van der Waals surface area contributed by atoms with Crippen molar-refractivity contribution in [3.8, 4) is 11.1 Å². The molecular formula is C16H11NO5S. The van der Waals surface area contributed by atoms with E-state index in [-0.39, 0.29) is 11.1 Å². The fourth-order valence-electron chi connectivity index (χ4n) is 2.40. The molecule has 1 heterocycles. The van der Waals surface area contributed by atoms with Crippen LogP contribution in [0.1, 0.15) is 10.4 Å². The molecule has 3 aromatic rings. The van der Waals surface area contributed by atoms with Gasteiger partial charge in [-0.05, 0) is 17.7 Å². The summed E-state index contributed by atoms with van der Waals surface area (Å²) in [5.41, 5.74) is 0.903. The molecule has 0 spiro atoms. The lowest BCUT2D eigenvalue weighted by Crippen LogP contribution is -2.09. The first kappa shape index (κ1) is 15.1. The summed E-state index contributed by atoms with van der Waals surface area (Å²) in [6, 6.07) is 13.6. The third-order valence-electron chi connectivity index (χ3n) is 3.33. The Hall–Kier alpha value is -2.77. The van der Waals surface area contributed by atoms with Crippen molar-refractivity contribution in [2.24, 2.45) is 0 Å². The molecular weight excluding hydrogens is 318 g/mol. The molecule has 0 amide bonds. The minimum atomic E-state index is -2.24. The molecule has 1 aromatic heterocycles. The van der Waals surface area contributed by atoms with Crippen LogP contribution in [0.2, 0.25) is 0 Å². The number of nitrogens with one attached hydrogen (secondary N) is 1. The Balaban J connectivity index is 2.34. The van der Waals surface area contributed by atoms with E-state index in [4.69, 9.17) is 8.97 Å². The summed E-state index contributed by atoms with van der Waals surface area (Å²) in [5.74, 6) is 0. The van der Waals surface area contributed by atoms with Crippen molar-refractivity contribution in [1.29, 1.82) is 0 Å². The summed E-state index contributed by atoms with van der Waals surface area (Å²) in [7, 11) is 0. The molecule has 0 saturated heterocycles. The highest BCUT2D eigenvalue weighted by atomic mass is 32.2. The Morgan fingerprint density at radius 2 is 1.87 bits per heavy atom. The van der Waals surface area contributed by atoms with Crippen molar-refractivity contribution < 1.29 is 18.0 Å². The van der Waals surface area contributed by atoms with Crippen molar-refractivity contribution >= 4 is 34.2 Å². The molecule has 0 fully saturated rings. The maximum atomic E-state index is 12.1. The number of benzene rings is 2. The molecule has 0 bridgehead atoms. The van der Waals surface area contributed by atoms with Crippen LogP contribution in [-0.2, 0) is 11.3 Å². The van der Waals surface area contributed by atoms with Gasteiger partial charge in [-0.3, -0.25) is 14.1 Å². The van der Waals surface area contributed by atoms with E-state index < -0.39 is 16.9 Å². The van der Waals surface area contributed by atoms with Crippen LogP contribution >= 0.6 is 0 Å². The van der Waals surface area contributed by atoms with E-state index in [1.54, 1.807) is 36.4 Å². The van der Waals surface area contributed by atoms with Crippen molar-refractivity contribution in [2.45, 2.75) is 0 Å². The lowest BCUT2D eigenvalue weighted by molar-refractivity contribution is 0.112. The number of hydrogen-bond donors (Lipinski definition) is 2. The van der Waals surface area contributed by atoms with Crippen LogP contribution < -0.4 is 10.3 Å². The van der Waals surface area contributed by atoms with Gasteiger partial charge in [0.25, 0.3) is 11.3 Å². The number of carbonyl (C=O) groups is 1. The van der Waals surface area contributed by atoms with Gasteiger partial charge in [-0.1, -0.05) is 30.3 Å². The maximum absolute atomic E-state index is 12.1. The lowest BCUT2D eigenvalue weighted by atomic mass is 9.97. The highest BCUT2D eigenvalue weighted by Crippen LogP contribution is 2.31. The highest BCUT2D eigenvalue weighted by Gasteiger charge is 2.16. The van der Waals surface area contributed by atoms with Crippen molar-refractivity contribution in [1.82, 2.24) is 0 Å². The van der Waals surface area contributed by atoms with Gasteiger partial charge in [0, 0.05) is 17.0 Å². The SMILES string of the molecule is O=Cc1c(-c2ccccc2)c2ccc(NS(=O)O)cc2oc1=O. The predicted molar refractivity (Wildman–Crippen MR) is 87.7 cm³/mol. The molecule has 0 aliphatic heterocycles. The molecule has 0 aliphatic rings. The second-order valence-electron chi connectivity index (χ2n) is 4.72. The second-order valence-corrected chi connectivity index (χ2v) is 5.43. The van der Waals surface area contributed by atoms with E-state index in [2.05, 4.69) is 4.72 Å². The number of rotatable bonds is 4. The molecule has 6 nitrogen and oxygen atoms in total. The van der Waals surface area contributed by atoms with E-state index in [1.165, 1.54) is 6.07 Å². The Kier molecular flexibility index (Phi) is 4.05. The van der Waals surface area contributed by atoms with Gasteiger partial charge in [0.2, 0.25) is 0 Å². The minimum absolute atomic E-state index is 0.0601. The number of carbonyl (C=O) groups excluding carboxylic acids is 1. The van der Waals surface area contributed by atoms with Gasteiger partial charge in [-0.15, -0.1) is 0 Å². The average molecular weight is 329 g/mol. The molecule has 0 radical (unpaired) electrons. The Labute approximate surface area is 133 Å².